The summed E-state index contributed by atoms with van der Waals surface area (Å²) < 4.78 is 1.79. The Labute approximate surface area is 137 Å². The number of aryl methyl sites for hydroxylation is 1. The molecule has 1 unspecified atom stereocenters. The van der Waals surface area contributed by atoms with Gasteiger partial charge in [-0.15, -0.1) is 0 Å². The van der Waals surface area contributed by atoms with E-state index < -0.39 is 0 Å². The molecule has 5 nitrogen and oxygen atoms in total. The summed E-state index contributed by atoms with van der Waals surface area (Å²) in [6, 6.07) is 9.55. The van der Waals surface area contributed by atoms with Crippen molar-refractivity contribution in [3.63, 3.8) is 0 Å². The third-order valence-electron chi connectivity index (χ3n) is 3.63. The van der Waals surface area contributed by atoms with Crippen molar-refractivity contribution in [2.75, 3.05) is 6.54 Å². The predicted molar refractivity (Wildman–Crippen MR) is 90.5 cm³/mol. The molecule has 0 radical (unpaired) electrons. The van der Waals surface area contributed by atoms with E-state index in [4.69, 9.17) is 5.26 Å². The molecule has 122 valence electrons. The molecule has 1 aromatic heterocycles. The number of nitrogens with zero attached hydrogens (tertiary/aromatic N) is 3. The summed E-state index contributed by atoms with van der Waals surface area (Å²) in [7, 11) is 1.89. The van der Waals surface area contributed by atoms with Crippen LogP contribution in [0.4, 0.5) is 0 Å². The maximum absolute atomic E-state index is 9.93. The van der Waals surface area contributed by atoms with Gasteiger partial charge in [-0.2, -0.15) is 10.4 Å². The van der Waals surface area contributed by atoms with Gasteiger partial charge >= 0.3 is 0 Å². The van der Waals surface area contributed by atoms with Crippen LogP contribution >= 0.6 is 0 Å². The average molecular weight is 312 g/mol. The van der Waals surface area contributed by atoms with Crippen molar-refractivity contribution in [2.45, 2.75) is 32.9 Å². The number of rotatable bonds is 7. The van der Waals surface area contributed by atoms with E-state index in [-0.39, 0.29) is 6.10 Å². The second kappa shape index (κ2) is 7.91. The molecule has 0 saturated heterocycles. The molecule has 0 fully saturated rings. The molecule has 0 amide bonds. The summed E-state index contributed by atoms with van der Waals surface area (Å²) in [6.07, 6.45) is 2.45. The summed E-state index contributed by atoms with van der Waals surface area (Å²) in [5.74, 6) is 0.486. The molecule has 2 N–H and O–H groups in total. The van der Waals surface area contributed by atoms with Crippen LogP contribution < -0.4 is 5.32 Å². The monoisotopic (exact) mass is 312 g/mol. The highest BCUT2D eigenvalue weighted by atomic mass is 16.3. The van der Waals surface area contributed by atoms with Crippen molar-refractivity contribution < 1.29 is 5.11 Å². The molecule has 0 saturated carbocycles. The average Bonchev–Trinajstić information content (AvgIpc) is 2.87. The van der Waals surface area contributed by atoms with Gasteiger partial charge in [-0.3, -0.25) is 4.68 Å². The normalized spacial score (nSPS) is 12.3. The lowest BCUT2D eigenvalue weighted by molar-refractivity contribution is 0.146. The number of aliphatic hydroxyl groups excluding tert-OH is 1. The Bertz CT molecular complexity index is 667. The van der Waals surface area contributed by atoms with Crippen molar-refractivity contribution in [3.05, 3.63) is 41.6 Å². The third kappa shape index (κ3) is 4.92. The summed E-state index contributed by atoms with van der Waals surface area (Å²) in [5, 5.41) is 26.6. The van der Waals surface area contributed by atoms with E-state index >= 15 is 0 Å². The molecule has 1 atom stereocenters. The number of aliphatic hydroxyl groups is 1. The van der Waals surface area contributed by atoms with E-state index in [0.29, 0.717) is 24.6 Å². The molecule has 2 rings (SSSR count). The summed E-state index contributed by atoms with van der Waals surface area (Å²) in [6.45, 7) is 5.43. The van der Waals surface area contributed by atoms with Crippen molar-refractivity contribution in [1.82, 2.24) is 15.1 Å². The van der Waals surface area contributed by atoms with Crippen molar-refractivity contribution in [2.24, 2.45) is 13.0 Å². The molecule has 1 aromatic carbocycles. The molecule has 0 aliphatic rings. The standard InChI is InChI=1S/C18H24N4O/c1-13(2)8-17(23)11-20-10-16-12-22(3)21-18(16)15-6-4-14(9-19)5-7-15/h4-7,12-13,17,20,23H,8,10-11H2,1-3H3. The fraction of sp³-hybridized carbons (Fsp3) is 0.444. The van der Waals surface area contributed by atoms with Gasteiger partial charge in [0.2, 0.25) is 0 Å². The third-order valence-corrected chi connectivity index (χ3v) is 3.63. The molecule has 0 spiro atoms. The minimum absolute atomic E-state index is 0.329. The Kier molecular flexibility index (Phi) is 5.91. The van der Waals surface area contributed by atoms with Gasteiger partial charge in [-0.1, -0.05) is 26.0 Å². The predicted octanol–water partition coefficient (Wildman–Crippen LogP) is 2.46. The highest BCUT2D eigenvalue weighted by Gasteiger charge is 2.11. The van der Waals surface area contributed by atoms with Gasteiger partial charge in [0.05, 0.1) is 23.4 Å². The first kappa shape index (κ1) is 17.2. The lowest BCUT2D eigenvalue weighted by Gasteiger charge is -2.13. The van der Waals surface area contributed by atoms with E-state index in [1.54, 1.807) is 16.8 Å². The van der Waals surface area contributed by atoms with E-state index in [1.165, 1.54) is 0 Å². The molecule has 0 aliphatic heterocycles. The zero-order chi connectivity index (χ0) is 16.8. The Morgan fingerprint density at radius 3 is 2.61 bits per heavy atom. The zero-order valence-electron chi connectivity index (χ0n) is 14.0. The Morgan fingerprint density at radius 1 is 1.30 bits per heavy atom. The number of nitriles is 1. The molecular weight excluding hydrogens is 288 g/mol. The van der Waals surface area contributed by atoms with Crippen LogP contribution in [-0.2, 0) is 13.6 Å². The van der Waals surface area contributed by atoms with Crippen molar-refractivity contribution >= 4 is 0 Å². The zero-order valence-corrected chi connectivity index (χ0v) is 14.0. The van der Waals surface area contributed by atoms with Gasteiger partial charge in [0.15, 0.2) is 0 Å². The van der Waals surface area contributed by atoms with E-state index in [0.717, 1.165) is 23.2 Å². The van der Waals surface area contributed by atoms with E-state index in [9.17, 15) is 5.11 Å². The van der Waals surface area contributed by atoms with Crippen LogP contribution in [0.3, 0.4) is 0 Å². The van der Waals surface area contributed by atoms with Gasteiger partial charge in [0, 0.05) is 37.5 Å². The molecule has 0 aliphatic carbocycles. The van der Waals surface area contributed by atoms with E-state index in [2.05, 4.69) is 30.3 Å². The summed E-state index contributed by atoms with van der Waals surface area (Å²) in [5.41, 5.74) is 3.61. The second-order valence-electron chi connectivity index (χ2n) is 6.28. The summed E-state index contributed by atoms with van der Waals surface area (Å²) >= 11 is 0. The Morgan fingerprint density at radius 2 is 2.00 bits per heavy atom. The number of hydrogen-bond acceptors (Lipinski definition) is 4. The SMILES string of the molecule is CC(C)CC(O)CNCc1cn(C)nc1-c1ccc(C#N)cc1. The Balaban J connectivity index is 2.04. The molecule has 5 heteroatoms. The minimum Gasteiger partial charge on any atom is -0.392 e. The van der Waals surface area contributed by atoms with Crippen LogP contribution in [0.25, 0.3) is 11.3 Å². The number of nitrogens with one attached hydrogen (secondary N) is 1. The van der Waals surface area contributed by atoms with Crippen molar-refractivity contribution in [1.29, 1.82) is 5.26 Å². The largest absolute Gasteiger partial charge is 0.392 e. The molecular formula is C18H24N4O. The maximum Gasteiger partial charge on any atom is 0.0991 e. The van der Waals surface area contributed by atoms with Crippen LogP contribution in [0.2, 0.25) is 0 Å². The van der Waals surface area contributed by atoms with Crippen LogP contribution in [0.1, 0.15) is 31.4 Å². The molecule has 2 aromatic rings. The van der Waals surface area contributed by atoms with Gasteiger partial charge in [0.25, 0.3) is 0 Å². The molecule has 0 bridgehead atoms. The molecule has 23 heavy (non-hydrogen) atoms. The lowest BCUT2D eigenvalue weighted by atomic mass is 10.1. The lowest BCUT2D eigenvalue weighted by Crippen LogP contribution is -2.27. The van der Waals surface area contributed by atoms with Gasteiger partial charge in [-0.25, -0.2) is 0 Å². The van der Waals surface area contributed by atoms with Crippen LogP contribution in [0.15, 0.2) is 30.5 Å². The van der Waals surface area contributed by atoms with Gasteiger partial charge in [-0.05, 0) is 24.5 Å². The number of benzene rings is 1. The first-order valence-corrected chi connectivity index (χ1v) is 7.91. The van der Waals surface area contributed by atoms with Gasteiger partial charge in [0.1, 0.15) is 0 Å². The first-order chi connectivity index (χ1) is 11.0. The number of aromatic nitrogens is 2. The fourth-order valence-electron chi connectivity index (χ4n) is 2.61. The van der Waals surface area contributed by atoms with Crippen molar-refractivity contribution in [3.8, 4) is 17.3 Å². The number of hydrogen-bond donors (Lipinski definition) is 2. The van der Waals surface area contributed by atoms with E-state index in [1.807, 2.05) is 25.4 Å². The van der Waals surface area contributed by atoms with Crippen LogP contribution in [-0.4, -0.2) is 27.5 Å². The quantitative estimate of drug-likeness (QED) is 0.823. The first-order valence-electron chi connectivity index (χ1n) is 7.91. The maximum atomic E-state index is 9.93. The summed E-state index contributed by atoms with van der Waals surface area (Å²) in [4.78, 5) is 0. The van der Waals surface area contributed by atoms with Crippen LogP contribution in [0, 0.1) is 17.2 Å². The highest BCUT2D eigenvalue weighted by molar-refractivity contribution is 5.63. The Hall–Kier alpha value is -2.16. The van der Waals surface area contributed by atoms with Gasteiger partial charge < -0.3 is 10.4 Å². The smallest absolute Gasteiger partial charge is 0.0991 e. The molecule has 1 heterocycles. The minimum atomic E-state index is -0.329. The van der Waals surface area contributed by atoms with Crippen LogP contribution in [0.5, 0.6) is 0 Å². The second-order valence-corrected chi connectivity index (χ2v) is 6.28. The highest BCUT2D eigenvalue weighted by Crippen LogP contribution is 2.22. The topological polar surface area (TPSA) is 73.9 Å². The fourth-order valence-corrected chi connectivity index (χ4v) is 2.61.